The molecule has 0 aliphatic heterocycles. The summed E-state index contributed by atoms with van der Waals surface area (Å²) in [6.07, 6.45) is 3.54. The van der Waals surface area contributed by atoms with E-state index >= 15 is 0 Å². The number of thiophene rings is 1. The number of nitrogens with zero attached hydrogens (tertiary/aromatic N) is 1. The molecule has 0 saturated carbocycles. The highest BCUT2D eigenvalue weighted by atomic mass is 32.1. The van der Waals surface area contributed by atoms with Crippen LogP contribution in [0.1, 0.15) is 10.4 Å². The highest BCUT2D eigenvalue weighted by Crippen LogP contribution is 2.29. The lowest BCUT2D eigenvalue weighted by molar-refractivity contribution is 0.0602. The van der Waals surface area contributed by atoms with Crippen LogP contribution < -0.4 is 5.32 Å². The molecule has 0 aromatic carbocycles. The van der Waals surface area contributed by atoms with Gasteiger partial charge in [-0.3, -0.25) is 0 Å². The van der Waals surface area contributed by atoms with E-state index in [1.165, 1.54) is 18.4 Å². The minimum Gasteiger partial charge on any atom is -0.465 e. The number of aromatic nitrogens is 2. The number of ether oxygens (including phenoxy) is 1. The van der Waals surface area contributed by atoms with E-state index in [0.29, 0.717) is 5.56 Å². The minimum atomic E-state index is -0.344. The van der Waals surface area contributed by atoms with Gasteiger partial charge in [-0.25, -0.2) is 9.78 Å². The van der Waals surface area contributed by atoms with Crippen LogP contribution in [0.2, 0.25) is 0 Å². The van der Waals surface area contributed by atoms with Crippen molar-refractivity contribution >= 4 is 39.7 Å². The SMILES string of the molecule is COC(=O)c1cscc1Nc1ccnc2[nH]ccc12. The van der Waals surface area contributed by atoms with E-state index in [1.807, 2.05) is 23.7 Å². The Bertz CT molecular complexity index is 732. The molecule has 0 fully saturated rings. The van der Waals surface area contributed by atoms with E-state index in [-0.39, 0.29) is 5.97 Å². The number of pyridine rings is 1. The fraction of sp³-hybridized carbons (Fsp3) is 0.0769. The van der Waals surface area contributed by atoms with Crippen molar-refractivity contribution in [1.82, 2.24) is 9.97 Å². The fourth-order valence-corrected chi connectivity index (χ4v) is 2.63. The van der Waals surface area contributed by atoms with E-state index < -0.39 is 0 Å². The summed E-state index contributed by atoms with van der Waals surface area (Å²) in [5.74, 6) is -0.344. The van der Waals surface area contributed by atoms with Crippen LogP contribution in [0.3, 0.4) is 0 Å². The third kappa shape index (κ3) is 2.06. The highest BCUT2D eigenvalue weighted by molar-refractivity contribution is 7.08. The van der Waals surface area contributed by atoms with Crippen molar-refractivity contribution in [2.75, 3.05) is 12.4 Å². The Balaban J connectivity index is 2.00. The zero-order valence-electron chi connectivity index (χ0n) is 10.1. The summed E-state index contributed by atoms with van der Waals surface area (Å²) >= 11 is 1.45. The second-order valence-electron chi connectivity index (χ2n) is 3.91. The Morgan fingerprint density at radius 3 is 3.11 bits per heavy atom. The number of carbonyl (C=O) groups excluding carboxylic acids is 1. The number of anilines is 2. The standard InChI is InChI=1S/C13H11N3O2S/c1-18-13(17)9-6-19-7-11(9)16-10-3-5-15-12-8(10)2-4-14-12/h2-7H,1H3,(H2,14,15,16). The molecule has 0 saturated heterocycles. The topological polar surface area (TPSA) is 67.0 Å². The van der Waals surface area contributed by atoms with Gasteiger partial charge in [-0.05, 0) is 12.1 Å². The Morgan fingerprint density at radius 2 is 2.26 bits per heavy atom. The van der Waals surface area contributed by atoms with Gasteiger partial charge in [-0.15, -0.1) is 11.3 Å². The molecule has 3 rings (SSSR count). The lowest BCUT2D eigenvalue weighted by Gasteiger charge is -2.07. The Kier molecular flexibility index (Phi) is 2.92. The van der Waals surface area contributed by atoms with Gasteiger partial charge in [-0.2, -0.15) is 0 Å². The van der Waals surface area contributed by atoms with Crippen molar-refractivity contribution in [1.29, 1.82) is 0 Å². The largest absolute Gasteiger partial charge is 0.465 e. The van der Waals surface area contributed by atoms with Gasteiger partial charge in [0.1, 0.15) is 5.65 Å². The monoisotopic (exact) mass is 273 g/mol. The summed E-state index contributed by atoms with van der Waals surface area (Å²) in [5, 5.41) is 7.87. The molecule has 0 aliphatic carbocycles. The molecular weight excluding hydrogens is 262 g/mol. The number of methoxy groups -OCH3 is 1. The van der Waals surface area contributed by atoms with Crippen molar-refractivity contribution in [3.63, 3.8) is 0 Å². The summed E-state index contributed by atoms with van der Waals surface area (Å²) < 4.78 is 4.75. The lowest BCUT2D eigenvalue weighted by Crippen LogP contribution is -2.03. The second-order valence-corrected chi connectivity index (χ2v) is 4.66. The summed E-state index contributed by atoms with van der Waals surface area (Å²) in [6.45, 7) is 0. The first-order valence-electron chi connectivity index (χ1n) is 5.63. The van der Waals surface area contributed by atoms with Gasteiger partial charge in [0.15, 0.2) is 0 Å². The summed E-state index contributed by atoms with van der Waals surface area (Å²) in [5.41, 5.74) is 2.98. The Hall–Kier alpha value is -2.34. The molecule has 3 aromatic rings. The first-order chi connectivity index (χ1) is 9.29. The van der Waals surface area contributed by atoms with E-state index in [4.69, 9.17) is 4.74 Å². The average Bonchev–Trinajstić information content (AvgIpc) is 3.06. The van der Waals surface area contributed by atoms with Crippen LogP contribution in [-0.4, -0.2) is 23.0 Å². The van der Waals surface area contributed by atoms with E-state index in [1.54, 1.807) is 11.6 Å². The zero-order chi connectivity index (χ0) is 13.2. The van der Waals surface area contributed by atoms with Crippen molar-refractivity contribution in [2.45, 2.75) is 0 Å². The first-order valence-corrected chi connectivity index (χ1v) is 6.57. The predicted octanol–water partition coefficient (Wildman–Crippen LogP) is 3.15. The van der Waals surface area contributed by atoms with Gasteiger partial charge >= 0.3 is 5.97 Å². The summed E-state index contributed by atoms with van der Waals surface area (Å²) in [6, 6.07) is 3.81. The van der Waals surface area contributed by atoms with Gasteiger partial charge in [-0.1, -0.05) is 0 Å². The molecule has 0 bridgehead atoms. The predicted molar refractivity (Wildman–Crippen MR) is 75.0 cm³/mol. The smallest absolute Gasteiger partial charge is 0.340 e. The maximum atomic E-state index is 11.6. The van der Waals surface area contributed by atoms with Crippen LogP contribution in [0.5, 0.6) is 0 Å². The molecule has 0 spiro atoms. The summed E-state index contributed by atoms with van der Waals surface area (Å²) in [7, 11) is 1.38. The molecule has 0 amide bonds. The summed E-state index contributed by atoms with van der Waals surface area (Å²) in [4.78, 5) is 18.9. The fourth-order valence-electron chi connectivity index (χ4n) is 1.88. The molecule has 5 nitrogen and oxygen atoms in total. The highest BCUT2D eigenvalue weighted by Gasteiger charge is 2.14. The van der Waals surface area contributed by atoms with E-state index in [9.17, 15) is 4.79 Å². The van der Waals surface area contributed by atoms with Crippen LogP contribution in [0.15, 0.2) is 35.3 Å². The molecule has 6 heteroatoms. The molecule has 3 aromatic heterocycles. The number of aromatic amines is 1. The number of esters is 1. The van der Waals surface area contributed by atoms with E-state index in [2.05, 4.69) is 15.3 Å². The van der Waals surface area contributed by atoms with E-state index in [0.717, 1.165) is 22.4 Å². The van der Waals surface area contributed by atoms with Crippen LogP contribution in [-0.2, 0) is 4.74 Å². The molecule has 0 atom stereocenters. The van der Waals surface area contributed by atoms with Gasteiger partial charge < -0.3 is 15.0 Å². The molecular formula is C13H11N3O2S. The van der Waals surface area contributed by atoms with Crippen LogP contribution in [0.4, 0.5) is 11.4 Å². The van der Waals surface area contributed by atoms with Crippen LogP contribution in [0, 0.1) is 0 Å². The third-order valence-electron chi connectivity index (χ3n) is 2.80. The molecule has 19 heavy (non-hydrogen) atoms. The molecule has 96 valence electrons. The number of nitrogens with one attached hydrogen (secondary N) is 2. The number of rotatable bonds is 3. The van der Waals surface area contributed by atoms with Gasteiger partial charge in [0.05, 0.1) is 24.0 Å². The molecule has 3 heterocycles. The quantitative estimate of drug-likeness (QED) is 0.719. The number of hydrogen-bond donors (Lipinski definition) is 2. The van der Waals surface area contributed by atoms with Gasteiger partial charge in [0.2, 0.25) is 0 Å². The third-order valence-corrected chi connectivity index (χ3v) is 3.54. The van der Waals surface area contributed by atoms with Crippen LogP contribution in [0.25, 0.3) is 11.0 Å². The Labute approximate surface area is 113 Å². The normalized spacial score (nSPS) is 10.6. The number of H-pyrrole nitrogens is 1. The lowest BCUT2D eigenvalue weighted by atomic mass is 10.2. The number of hydrogen-bond acceptors (Lipinski definition) is 5. The van der Waals surface area contributed by atoms with Crippen molar-refractivity contribution in [3.05, 3.63) is 40.8 Å². The van der Waals surface area contributed by atoms with Crippen molar-refractivity contribution in [2.24, 2.45) is 0 Å². The van der Waals surface area contributed by atoms with Crippen LogP contribution >= 0.6 is 11.3 Å². The molecule has 0 aliphatic rings. The number of carbonyl (C=O) groups is 1. The maximum Gasteiger partial charge on any atom is 0.340 e. The molecule has 2 N–H and O–H groups in total. The van der Waals surface area contributed by atoms with Crippen molar-refractivity contribution < 1.29 is 9.53 Å². The van der Waals surface area contributed by atoms with Gasteiger partial charge in [0, 0.05) is 28.5 Å². The van der Waals surface area contributed by atoms with Crippen molar-refractivity contribution in [3.8, 4) is 0 Å². The molecule has 0 unspecified atom stereocenters. The maximum absolute atomic E-state index is 11.6. The second kappa shape index (κ2) is 4.74. The average molecular weight is 273 g/mol. The Morgan fingerprint density at radius 1 is 1.37 bits per heavy atom. The molecule has 0 radical (unpaired) electrons. The number of fused-ring (bicyclic) bond motifs is 1. The first kappa shape index (κ1) is 11.7. The zero-order valence-corrected chi connectivity index (χ0v) is 11.0. The van der Waals surface area contributed by atoms with Gasteiger partial charge in [0.25, 0.3) is 0 Å². The minimum absolute atomic E-state index is 0.344.